The second kappa shape index (κ2) is 10.4. The normalized spacial score (nSPS) is 11.5. The molecule has 1 heterocycles. The molecule has 0 amide bonds. The van der Waals surface area contributed by atoms with Crippen molar-refractivity contribution in [1.82, 2.24) is 14.8 Å². The van der Waals surface area contributed by atoms with Gasteiger partial charge in [-0.05, 0) is 55.5 Å². The molecule has 6 nitrogen and oxygen atoms in total. The quantitative estimate of drug-likeness (QED) is 0.227. The molecule has 33 heavy (non-hydrogen) atoms. The van der Waals surface area contributed by atoms with Crippen LogP contribution in [0.2, 0.25) is 5.02 Å². The first kappa shape index (κ1) is 23.4. The zero-order valence-corrected chi connectivity index (χ0v) is 20.3. The van der Waals surface area contributed by atoms with Gasteiger partial charge in [0.15, 0.2) is 20.8 Å². The third kappa shape index (κ3) is 5.96. The van der Waals surface area contributed by atoms with Gasteiger partial charge in [-0.2, -0.15) is 0 Å². The van der Waals surface area contributed by atoms with Gasteiger partial charge in [0.25, 0.3) is 0 Å². The van der Waals surface area contributed by atoms with Crippen molar-refractivity contribution >= 4 is 33.2 Å². The minimum absolute atomic E-state index is 0.250. The molecule has 4 aromatic rings. The Labute approximate surface area is 202 Å². The Morgan fingerprint density at radius 3 is 2.33 bits per heavy atom. The maximum absolute atomic E-state index is 13.0. The molecule has 1 aromatic heterocycles. The van der Waals surface area contributed by atoms with Crippen LogP contribution in [-0.2, 0) is 15.6 Å². The zero-order chi connectivity index (χ0) is 23.3. The highest BCUT2D eigenvalue weighted by molar-refractivity contribution is 7.99. The number of sulfone groups is 1. The maximum Gasteiger partial charge on any atom is 0.195 e. The van der Waals surface area contributed by atoms with E-state index < -0.39 is 9.84 Å². The molecule has 0 bridgehead atoms. The van der Waals surface area contributed by atoms with Gasteiger partial charge in [-0.1, -0.05) is 59.3 Å². The molecule has 0 aliphatic carbocycles. The van der Waals surface area contributed by atoms with Gasteiger partial charge < -0.3 is 4.74 Å². The third-order valence-corrected chi connectivity index (χ3v) is 7.58. The Kier molecular flexibility index (Phi) is 7.37. The summed E-state index contributed by atoms with van der Waals surface area (Å²) >= 11 is 7.35. The molecule has 0 radical (unpaired) electrons. The minimum atomic E-state index is -3.58. The van der Waals surface area contributed by atoms with Crippen LogP contribution >= 0.6 is 23.4 Å². The second-order valence-corrected chi connectivity index (χ2v) is 10.8. The Morgan fingerprint density at radius 1 is 0.939 bits per heavy atom. The molecule has 0 fully saturated rings. The lowest BCUT2D eigenvalue weighted by molar-refractivity contribution is 0.344. The molecular formula is C24H22ClN3O3S2. The SMILES string of the molecule is Cc1ccc(S(=O)(=O)Cc2nnc(SCCOc3ccc(Cl)cc3)n2-c2ccccc2)cc1. The number of hydrogen-bond acceptors (Lipinski definition) is 6. The van der Waals surface area contributed by atoms with Gasteiger partial charge in [0.2, 0.25) is 0 Å². The smallest absolute Gasteiger partial charge is 0.195 e. The van der Waals surface area contributed by atoms with Gasteiger partial charge >= 0.3 is 0 Å². The zero-order valence-electron chi connectivity index (χ0n) is 17.9. The molecule has 3 aromatic carbocycles. The van der Waals surface area contributed by atoms with E-state index in [0.717, 1.165) is 17.0 Å². The van der Waals surface area contributed by atoms with Gasteiger partial charge in [0, 0.05) is 16.5 Å². The lowest BCUT2D eigenvalue weighted by atomic mass is 10.2. The molecule has 0 unspecified atom stereocenters. The maximum atomic E-state index is 13.0. The average Bonchev–Trinajstić information content (AvgIpc) is 3.20. The van der Waals surface area contributed by atoms with Crippen molar-refractivity contribution in [2.24, 2.45) is 0 Å². The third-order valence-electron chi connectivity index (χ3n) is 4.81. The van der Waals surface area contributed by atoms with E-state index in [4.69, 9.17) is 16.3 Å². The Hall–Kier alpha value is -2.81. The Morgan fingerprint density at radius 2 is 1.64 bits per heavy atom. The van der Waals surface area contributed by atoms with Crippen LogP contribution in [0.3, 0.4) is 0 Å². The van der Waals surface area contributed by atoms with Crippen molar-refractivity contribution in [3.8, 4) is 11.4 Å². The van der Waals surface area contributed by atoms with Crippen LogP contribution in [0, 0.1) is 6.92 Å². The molecule has 0 saturated heterocycles. The van der Waals surface area contributed by atoms with E-state index in [2.05, 4.69) is 10.2 Å². The van der Waals surface area contributed by atoms with E-state index in [-0.39, 0.29) is 10.6 Å². The average molecular weight is 500 g/mol. The number of benzene rings is 3. The molecule has 0 spiro atoms. The number of hydrogen-bond donors (Lipinski definition) is 0. The van der Waals surface area contributed by atoms with E-state index in [1.165, 1.54) is 11.8 Å². The number of thioether (sulfide) groups is 1. The molecule has 0 saturated carbocycles. The first-order valence-electron chi connectivity index (χ1n) is 10.2. The van der Waals surface area contributed by atoms with Crippen molar-refractivity contribution < 1.29 is 13.2 Å². The molecular weight excluding hydrogens is 478 g/mol. The van der Waals surface area contributed by atoms with E-state index in [9.17, 15) is 8.42 Å². The second-order valence-electron chi connectivity index (χ2n) is 7.29. The summed E-state index contributed by atoms with van der Waals surface area (Å²) in [5.41, 5.74) is 1.80. The minimum Gasteiger partial charge on any atom is -0.493 e. The highest BCUT2D eigenvalue weighted by Gasteiger charge is 2.22. The number of ether oxygens (including phenoxy) is 1. The molecule has 4 rings (SSSR count). The van der Waals surface area contributed by atoms with Crippen molar-refractivity contribution in [2.45, 2.75) is 22.7 Å². The van der Waals surface area contributed by atoms with Crippen LogP contribution in [0.25, 0.3) is 5.69 Å². The molecule has 9 heteroatoms. The van der Waals surface area contributed by atoms with Gasteiger partial charge in [0.1, 0.15) is 11.5 Å². The number of aryl methyl sites for hydroxylation is 1. The molecule has 170 valence electrons. The van der Waals surface area contributed by atoms with Crippen molar-refractivity contribution in [3.05, 3.63) is 95.3 Å². The van der Waals surface area contributed by atoms with E-state index in [1.807, 2.05) is 49.4 Å². The van der Waals surface area contributed by atoms with Crippen molar-refractivity contribution in [1.29, 1.82) is 0 Å². The molecule has 0 aliphatic heterocycles. The van der Waals surface area contributed by atoms with Crippen LogP contribution in [0.5, 0.6) is 5.75 Å². The predicted octanol–water partition coefficient (Wildman–Crippen LogP) is 5.37. The standard InChI is InChI=1S/C24H22ClN3O3S2/c1-18-7-13-22(14-8-18)33(29,30)17-23-26-27-24(28(23)20-5-3-2-4-6-20)32-16-15-31-21-11-9-19(25)10-12-21/h2-14H,15-17H2,1H3. The van der Waals surface area contributed by atoms with Crippen LogP contribution in [0.4, 0.5) is 0 Å². The summed E-state index contributed by atoms with van der Waals surface area (Å²) in [6, 6.07) is 23.5. The summed E-state index contributed by atoms with van der Waals surface area (Å²) in [4.78, 5) is 0.265. The topological polar surface area (TPSA) is 74.1 Å². The first-order valence-corrected chi connectivity index (χ1v) is 13.2. The Bertz CT molecular complexity index is 1310. The summed E-state index contributed by atoms with van der Waals surface area (Å²) in [6.45, 7) is 2.37. The number of halogens is 1. The summed E-state index contributed by atoms with van der Waals surface area (Å²) in [6.07, 6.45) is 0. The largest absolute Gasteiger partial charge is 0.493 e. The fourth-order valence-corrected chi connectivity index (χ4v) is 5.30. The van der Waals surface area contributed by atoms with Crippen LogP contribution in [-0.4, -0.2) is 35.5 Å². The van der Waals surface area contributed by atoms with Crippen LogP contribution < -0.4 is 4.74 Å². The predicted molar refractivity (Wildman–Crippen MR) is 131 cm³/mol. The van der Waals surface area contributed by atoms with Crippen molar-refractivity contribution in [2.75, 3.05) is 12.4 Å². The number of nitrogens with zero attached hydrogens (tertiary/aromatic N) is 3. The fraction of sp³-hybridized carbons (Fsp3) is 0.167. The number of rotatable bonds is 9. The van der Waals surface area contributed by atoms with Crippen LogP contribution in [0.15, 0.2) is 88.9 Å². The van der Waals surface area contributed by atoms with E-state index in [0.29, 0.717) is 28.4 Å². The summed E-state index contributed by atoms with van der Waals surface area (Å²) in [7, 11) is -3.58. The molecule has 0 N–H and O–H groups in total. The first-order chi connectivity index (χ1) is 15.9. The van der Waals surface area contributed by atoms with Gasteiger partial charge in [-0.15, -0.1) is 10.2 Å². The number of para-hydroxylation sites is 1. The summed E-state index contributed by atoms with van der Waals surface area (Å²) in [5, 5.41) is 9.76. The fourth-order valence-electron chi connectivity index (χ4n) is 3.15. The molecule has 0 atom stereocenters. The van der Waals surface area contributed by atoms with E-state index in [1.54, 1.807) is 41.0 Å². The Balaban J connectivity index is 1.53. The van der Waals surface area contributed by atoms with Gasteiger partial charge in [0.05, 0.1) is 11.5 Å². The highest BCUT2D eigenvalue weighted by Crippen LogP contribution is 2.25. The van der Waals surface area contributed by atoms with E-state index >= 15 is 0 Å². The lowest BCUT2D eigenvalue weighted by Gasteiger charge is -2.11. The van der Waals surface area contributed by atoms with Crippen molar-refractivity contribution in [3.63, 3.8) is 0 Å². The van der Waals surface area contributed by atoms with Crippen LogP contribution in [0.1, 0.15) is 11.4 Å². The van der Waals surface area contributed by atoms with Gasteiger partial charge in [-0.25, -0.2) is 8.42 Å². The summed E-state index contributed by atoms with van der Waals surface area (Å²) < 4.78 is 33.6. The molecule has 0 aliphatic rings. The highest BCUT2D eigenvalue weighted by atomic mass is 35.5. The summed E-state index contributed by atoms with van der Waals surface area (Å²) in [5.74, 6) is 1.45. The monoisotopic (exact) mass is 499 g/mol. The lowest BCUT2D eigenvalue weighted by Crippen LogP contribution is -2.11. The number of aromatic nitrogens is 3. The van der Waals surface area contributed by atoms with Gasteiger partial charge in [-0.3, -0.25) is 4.57 Å².